The highest BCUT2D eigenvalue weighted by Gasteiger charge is 2.48. The third-order valence-electron chi connectivity index (χ3n) is 4.93. The Kier molecular flexibility index (Phi) is 4.56. The van der Waals surface area contributed by atoms with Crippen molar-refractivity contribution in [2.45, 2.75) is 24.5 Å². The van der Waals surface area contributed by atoms with Crippen LogP contribution in [-0.2, 0) is 9.59 Å². The van der Waals surface area contributed by atoms with Gasteiger partial charge in [0.05, 0.1) is 18.7 Å². The summed E-state index contributed by atoms with van der Waals surface area (Å²) in [5, 5.41) is 19.0. The number of β-amino-alcohol motifs (C(OH)–C–C–N with tert-alkyl or cyclic N) is 1. The minimum Gasteiger partial charge on any atom is -0.480 e. The fraction of sp³-hybridized carbons (Fsp3) is 0.529. The molecule has 0 unspecified atom stereocenters. The zero-order chi connectivity index (χ0) is 17.4. The Balaban J connectivity index is 1.59. The Bertz CT molecular complexity index is 636. The number of benzene rings is 1. The van der Waals surface area contributed by atoms with E-state index < -0.39 is 12.1 Å². The van der Waals surface area contributed by atoms with Crippen LogP contribution in [0.4, 0.5) is 4.39 Å². The number of aliphatic hydroxyl groups is 1. The summed E-state index contributed by atoms with van der Waals surface area (Å²) in [5.74, 6) is -1.31. The first-order chi connectivity index (χ1) is 11.4. The topological polar surface area (TPSA) is 81.1 Å². The van der Waals surface area contributed by atoms with Crippen LogP contribution in [0.2, 0.25) is 0 Å². The molecule has 1 saturated heterocycles. The molecule has 4 atom stereocenters. The Labute approximate surface area is 139 Å². The second kappa shape index (κ2) is 6.49. The average Bonchev–Trinajstić information content (AvgIpc) is 3.22. The fourth-order valence-electron chi connectivity index (χ4n) is 3.49. The van der Waals surface area contributed by atoms with E-state index in [2.05, 4.69) is 0 Å². The van der Waals surface area contributed by atoms with Gasteiger partial charge in [0.2, 0.25) is 5.91 Å². The maximum absolute atomic E-state index is 13.0. The van der Waals surface area contributed by atoms with E-state index in [-0.39, 0.29) is 42.7 Å². The van der Waals surface area contributed by atoms with Crippen LogP contribution in [0.1, 0.15) is 17.9 Å². The van der Waals surface area contributed by atoms with Gasteiger partial charge in [-0.15, -0.1) is 0 Å². The molecule has 130 valence electrons. The van der Waals surface area contributed by atoms with Crippen molar-refractivity contribution in [2.75, 3.05) is 26.7 Å². The van der Waals surface area contributed by atoms with Crippen molar-refractivity contribution in [1.29, 1.82) is 0 Å². The van der Waals surface area contributed by atoms with Gasteiger partial charge in [-0.3, -0.25) is 14.5 Å². The van der Waals surface area contributed by atoms with Gasteiger partial charge >= 0.3 is 5.97 Å². The number of halogens is 1. The molecule has 0 aromatic heterocycles. The van der Waals surface area contributed by atoms with Gasteiger partial charge in [-0.2, -0.15) is 0 Å². The lowest BCUT2D eigenvalue weighted by molar-refractivity contribution is -0.138. The summed E-state index contributed by atoms with van der Waals surface area (Å²) in [5.41, 5.74) is 0.953. The molecule has 1 heterocycles. The molecule has 0 spiro atoms. The number of aliphatic hydroxyl groups excluding tert-OH is 1. The molecule has 3 rings (SSSR count). The number of aliphatic carboxylic acids is 1. The fourth-order valence-corrected chi connectivity index (χ4v) is 3.49. The van der Waals surface area contributed by atoms with Crippen molar-refractivity contribution < 1.29 is 24.2 Å². The highest BCUT2D eigenvalue weighted by atomic mass is 19.1. The van der Waals surface area contributed by atoms with Crippen LogP contribution in [0.25, 0.3) is 0 Å². The van der Waals surface area contributed by atoms with Gasteiger partial charge in [-0.05, 0) is 37.1 Å². The molecule has 1 amide bonds. The Morgan fingerprint density at radius 1 is 1.29 bits per heavy atom. The van der Waals surface area contributed by atoms with Crippen LogP contribution in [0.5, 0.6) is 0 Å². The third kappa shape index (κ3) is 3.42. The van der Waals surface area contributed by atoms with Crippen molar-refractivity contribution in [3.8, 4) is 0 Å². The number of rotatable bonds is 5. The van der Waals surface area contributed by atoms with Crippen molar-refractivity contribution in [2.24, 2.45) is 5.92 Å². The maximum Gasteiger partial charge on any atom is 0.317 e. The Morgan fingerprint density at radius 2 is 1.96 bits per heavy atom. The monoisotopic (exact) mass is 336 g/mol. The summed E-state index contributed by atoms with van der Waals surface area (Å²) in [6, 6.07) is 5.83. The van der Waals surface area contributed by atoms with Crippen molar-refractivity contribution in [1.82, 2.24) is 9.80 Å². The molecule has 0 radical (unpaired) electrons. The lowest BCUT2D eigenvalue weighted by Crippen LogP contribution is -2.43. The van der Waals surface area contributed by atoms with E-state index in [4.69, 9.17) is 5.11 Å². The number of carbonyl (C=O) groups excluding carboxylic acids is 1. The number of amides is 1. The van der Waals surface area contributed by atoms with Gasteiger partial charge in [-0.25, -0.2) is 4.39 Å². The zero-order valence-corrected chi connectivity index (χ0v) is 13.4. The smallest absolute Gasteiger partial charge is 0.317 e. The summed E-state index contributed by atoms with van der Waals surface area (Å²) in [4.78, 5) is 26.6. The Morgan fingerprint density at radius 3 is 2.58 bits per heavy atom. The van der Waals surface area contributed by atoms with E-state index in [1.165, 1.54) is 12.1 Å². The summed E-state index contributed by atoms with van der Waals surface area (Å²) < 4.78 is 13.0. The van der Waals surface area contributed by atoms with Gasteiger partial charge < -0.3 is 15.1 Å². The average molecular weight is 336 g/mol. The highest BCUT2D eigenvalue weighted by Crippen LogP contribution is 2.48. The van der Waals surface area contributed by atoms with Gasteiger partial charge in [-0.1, -0.05) is 12.1 Å². The molecule has 1 aliphatic heterocycles. The summed E-state index contributed by atoms with van der Waals surface area (Å²) >= 11 is 0. The predicted octanol–water partition coefficient (Wildman–Crippen LogP) is 0.517. The Hall–Kier alpha value is -1.99. The van der Waals surface area contributed by atoms with Gasteiger partial charge in [0.25, 0.3) is 0 Å². The van der Waals surface area contributed by atoms with Crippen LogP contribution in [0.15, 0.2) is 24.3 Å². The predicted molar refractivity (Wildman–Crippen MR) is 83.9 cm³/mol. The number of likely N-dealkylation sites (tertiary alicyclic amines) is 1. The van der Waals surface area contributed by atoms with E-state index in [1.54, 1.807) is 29.0 Å². The van der Waals surface area contributed by atoms with E-state index in [1.807, 2.05) is 0 Å². The minimum absolute atomic E-state index is 0.0189. The van der Waals surface area contributed by atoms with E-state index in [0.29, 0.717) is 6.54 Å². The standard InChI is InChI=1S/C17H21FN2O4/c1-19(9-16(22)23)14-7-20(8-15(14)21)17(24)13-6-12(13)10-2-4-11(18)5-3-10/h2-5,12-15,21H,6-9H2,1H3,(H,22,23)/t12-,13+,14+,15+/m0/s1. The SMILES string of the molecule is CN(CC(=O)O)[C@@H]1CN(C(=O)[C@@H]2C[C@H]2c2ccc(F)cc2)C[C@H]1O. The number of hydrogen-bond acceptors (Lipinski definition) is 4. The molecule has 2 N–H and O–H groups in total. The van der Waals surface area contributed by atoms with E-state index >= 15 is 0 Å². The van der Waals surface area contributed by atoms with Crippen molar-refractivity contribution >= 4 is 11.9 Å². The van der Waals surface area contributed by atoms with Crippen LogP contribution in [0.3, 0.4) is 0 Å². The number of carboxylic acid groups (broad SMARTS) is 1. The lowest BCUT2D eigenvalue weighted by atomic mass is 10.1. The number of hydrogen-bond donors (Lipinski definition) is 2. The van der Waals surface area contributed by atoms with Gasteiger partial charge in [0, 0.05) is 19.0 Å². The molecule has 0 bridgehead atoms. The summed E-state index contributed by atoms with van der Waals surface area (Å²) in [6.45, 7) is 0.377. The molecule has 1 aromatic carbocycles. The van der Waals surface area contributed by atoms with Crippen molar-refractivity contribution in [3.63, 3.8) is 0 Å². The normalized spacial score (nSPS) is 29.1. The molecular formula is C17H21FN2O4. The van der Waals surface area contributed by atoms with Crippen LogP contribution in [-0.4, -0.2) is 70.7 Å². The van der Waals surface area contributed by atoms with Crippen LogP contribution >= 0.6 is 0 Å². The first-order valence-electron chi connectivity index (χ1n) is 8.01. The van der Waals surface area contributed by atoms with Crippen molar-refractivity contribution in [3.05, 3.63) is 35.6 Å². The van der Waals surface area contributed by atoms with E-state index in [0.717, 1.165) is 12.0 Å². The number of carboxylic acids is 1. The second-order valence-corrected chi connectivity index (χ2v) is 6.69. The number of nitrogens with zero attached hydrogens (tertiary/aromatic N) is 2. The second-order valence-electron chi connectivity index (χ2n) is 6.69. The first-order valence-corrected chi connectivity index (χ1v) is 8.01. The lowest BCUT2D eigenvalue weighted by Gasteiger charge is -2.24. The molecule has 24 heavy (non-hydrogen) atoms. The molecule has 2 fully saturated rings. The highest BCUT2D eigenvalue weighted by molar-refractivity contribution is 5.83. The largest absolute Gasteiger partial charge is 0.480 e. The molecule has 1 aromatic rings. The molecule has 7 heteroatoms. The number of likely N-dealkylation sites (N-methyl/N-ethyl adjacent to an activating group) is 1. The molecule has 1 saturated carbocycles. The van der Waals surface area contributed by atoms with Crippen LogP contribution < -0.4 is 0 Å². The quantitative estimate of drug-likeness (QED) is 0.819. The van der Waals surface area contributed by atoms with Crippen LogP contribution in [0, 0.1) is 11.7 Å². The number of carbonyl (C=O) groups is 2. The maximum atomic E-state index is 13.0. The van der Waals surface area contributed by atoms with E-state index in [9.17, 15) is 19.1 Å². The third-order valence-corrected chi connectivity index (χ3v) is 4.93. The molecule has 2 aliphatic rings. The molecule has 1 aliphatic carbocycles. The summed E-state index contributed by atoms with van der Waals surface area (Å²) in [6.07, 6.45) is -0.0199. The minimum atomic E-state index is -0.965. The van der Waals surface area contributed by atoms with Gasteiger partial charge in [0.1, 0.15) is 5.82 Å². The molecular weight excluding hydrogens is 315 g/mol. The zero-order valence-electron chi connectivity index (χ0n) is 13.4. The first kappa shape index (κ1) is 16.9. The summed E-state index contributed by atoms with van der Waals surface area (Å²) in [7, 11) is 1.63. The van der Waals surface area contributed by atoms with Gasteiger partial charge in [0.15, 0.2) is 0 Å². The molecule has 6 nitrogen and oxygen atoms in total.